The van der Waals surface area contributed by atoms with E-state index in [1.54, 1.807) is 19.1 Å². The molecule has 31 heavy (non-hydrogen) atoms. The normalized spacial score (nSPS) is 17.0. The van der Waals surface area contributed by atoms with Gasteiger partial charge in [-0.25, -0.2) is 4.79 Å². The van der Waals surface area contributed by atoms with E-state index in [1.165, 1.54) is 0 Å². The molecule has 0 unspecified atom stereocenters. The minimum atomic E-state index is -0.515. The Morgan fingerprint density at radius 1 is 1.32 bits per heavy atom. The van der Waals surface area contributed by atoms with Gasteiger partial charge in [0.1, 0.15) is 16.9 Å². The molecule has 9 heteroatoms. The number of rotatable bonds is 7. The van der Waals surface area contributed by atoms with Crippen LogP contribution >= 0.6 is 12.2 Å². The molecular formula is C22H33N5O3S. The lowest BCUT2D eigenvalue weighted by molar-refractivity contribution is -0.124. The molecule has 1 saturated heterocycles. The first-order chi connectivity index (χ1) is 14.5. The highest BCUT2D eigenvalue weighted by atomic mass is 32.1. The second-order valence-electron chi connectivity index (χ2n) is 8.68. The number of nitrogen functional groups attached to an aromatic ring is 1. The smallest absolute Gasteiger partial charge is 0.407 e. The van der Waals surface area contributed by atoms with Gasteiger partial charge in [0.2, 0.25) is 5.91 Å². The Hall–Kier alpha value is -2.68. The van der Waals surface area contributed by atoms with Gasteiger partial charge in [-0.05, 0) is 30.7 Å². The summed E-state index contributed by atoms with van der Waals surface area (Å²) in [5.74, 6) is -0.0881. The van der Waals surface area contributed by atoms with Crippen LogP contribution < -0.4 is 16.4 Å². The zero-order valence-corrected chi connectivity index (χ0v) is 19.5. The van der Waals surface area contributed by atoms with Gasteiger partial charge in [-0.3, -0.25) is 10.2 Å². The third-order valence-electron chi connectivity index (χ3n) is 5.22. The molecule has 170 valence electrons. The molecule has 2 rings (SSSR count). The fourth-order valence-electron chi connectivity index (χ4n) is 3.52. The monoisotopic (exact) mass is 447 g/mol. The Morgan fingerprint density at radius 3 is 2.52 bits per heavy atom. The summed E-state index contributed by atoms with van der Waals surface area (Å²) in [4.78, 5) is 27.4. The van der Waals surface area contributed by atoms with E-state index in [-0.39, 0.29) is 29.8 Å². The molecule has 2 amide bonds. The largest absolute Gasteiger partial charge is 0.450 e. The number of nitrogens with zero attached hydrogens (tertiary/aromatic N) is 1. The van der Waals surface area contributed by atoms with Gasteiger partial charge >= 0.3 is 6.09 Å². The number of likely N-dealkylation sites (tertiary alicyclic amines) is 1. The SMILES string of the molecule is CCOC(=O)N[C@@H](C(=S)N1CCC[C@H]1C(=O)NCc1ccc(C(=N)N)cc1)C(C)(C)C. The van der Waals surface area contributed by atoms with Crippen LogP contribution in [0.3, 0.4) is 0 Å². The van der Waals surface area contributed by atoms with E-state index in [1.807, 2.05) is 37.8 Å². The van der Waals surface area contributed by atoms with Gasteiger partial charge in [0.25, 0.3) is 0 Å². The lowest BCUT2D eigenvalue weighted by Gasteiger charge is -2.37. The zero-order valence-electron chi connectivity index (χ0n) is 18.7. The van der Waals surface area contributed by atoms with Crippen molar-refractivity contribution in [2.45, 2.75) is 59.2 Å². The summed E-state index contributed by atoms with van der Waals surface area (Å²) in [6, 6.07) is 6.39. The van der Waals surface area contributed by atoms with Crippen LogP contribution in [0.25, 0.3) is 0 Å². The minimum Gasteiger partial charge on any atom is -0.450 e. The summed E-state index contributed by atoms with van der Waals surface area (Å²) in [7, 11) is 0. The molecule has 1 aromatic rings. The predicted molar refractivity (Wildman–Crippen MR) is 125 cm³/mol. The number of nitrogens with one attached hydrogen (secondary N) is 3. The van der Waals surface area contributed by atoms with Crippen molar-refractivity contribution in [1.82, 2.24) is 15.5 Å². The maximum Gasteiger partial charge on any atom is 0.407 e. The van der Waals surface area contributed by atoms with E-state index in [0.717, 1.165) is 12.0 Å². The Kier molecular flexibility index (Phi) is 8.38. The summed E-state index contributed by atoms with van der Waals surface area (Å²) < 4.78 is 5.04. The molecule has 0 spiro atoms. The first-order valence-corrected chi connectivity index (χ1v) is 10.9. The topological polar surface area (TPSA) is 121 Å². The Balaban J connectivity index is 2.05. The van der Waals surface area contributed by atoms with E-state index < -0.39 is 12.1 Å². The standard InChI is InChI=1S/C22H33N5O3S/c1-5-30-21(29)26-17(22(2,3)4)20(31)27-12-6-7-16(27)19(28)25-13-14-8-10-15(11-9-14)18(23)24/h8-11,16-17H,5-7,12-13H2,1-4H3,(H3,23,24)(H,25,28)(H,26,29)/t16-,17-/m0/s1. The minimum absolute atomic E-state index is 0.00975. The van der Waals surface area contributed by atoms with E-state index in [9.17, 15) is 9.59 Å². The molecule has 0 saturated carbocycles. The molecule has 5 N–H and O–H groups in total. The molecule has 0 radical (unpaired) electrons. The Labute approximate surface area is 189 Å². The highest BCUT2D eigenvalue weighted by Gasteiger charge is 2.39. The molecule has 1 aliphatic heterocycles. The number of amides is 2. The molecule has 1 aromatic carbocycles. The fraction of sp³-hybridized carbons (Fsp3) is 0.545. The van der Waals surface area contributed by atoms with Crippen molar-refractivity contribution in [2.24, 2.45) is 11.1 Å². The van der Waals surface area contributed by atoms with Crippen LogP contribution in [0.1, 0.15) is 51.7 Å². The number of carbonyl (C=O) groups is 2. The number of amidine groups is 1. The van der Waals surface area contributed by atoms with Crippen LogP contribution in [-0.2, 0) is 16.1 Å². The molecule has 1 aliphatic rings. The summed E-state index contributed by atoms with van der Waals surface area (Å²) in [6.07, 6.45) is 1.03. The van der Waals surface area contributed by atoms with Gasteiger partial charge in [-0.1, -0.05) is 57.3 Å². The second kappa shape index (κ2) is 10.6. The van der Waals surface area contributed by atoms with E-state index in [0.29, 0.717) is 30.1 Å². The van der Waals surface area contributed by atoms with Crippen LogP contribution in [0, 0.1) is 10.8 Å². The quantitative estimate of drug-likeness (QED) is 0.290. The molecule has 8 nitrogen and oxygen atoms in total. The number of thiocarbonyl (C=S) groups is 1. The van der Waals surface area contributed by atoms with Gasteiger partial charge in [0, 0.05) is 18.7 Å². The fourth-order valence-corrected chi connectivity index (χ4v) is 4.15. The van der Waals surface area contributed by atoms with Gasteiger partial charge in [-0.15, -0.1) is 0 Å². The van der Waals surface area contributed by atoms with Crippen molar-refractivity contribution in [1.29, 1.82) is 5.41 Å². The summed E-state index contributed by atoms with van der Waals surface area (Å²) in [5.41, 5.74) is 6.70. The number of alkyl carbamates (subject to hydrolysis) is 1. The van der Waals surface area contributed by atoms with Crippen LogP contribution in [0.15, 0.2) is 24.3 Å². The average molecular weight is 448 g/mol. The number of hydrogen-bond donors (Lipinski definition) is 4. The first kappa shape index (κ1) is 24.6. The third-order valence-corrected chi connectivity index (χ3v) is 5.69. The van der Waals surface area contributed by atoms with E-state index in [4.69, 9.17) is 28.1 Å². The lowest BCUT2D eigenvalue weighted by Crippen LogP contribution is -2.57. The van der Waals surface area contributed by atoms with Crippen molar-refractivity contribution >= 4 is 35.0 Å². The summed E-state index contributed by atoms with van der Waals surface area (Å²) in [6.45, 7) is 9.04. The van der Waals surface area contributed by atoms with Crippen molar-refractivity contribution in [3.8, 4) is 0 Å². The first-order valence-electron chi connectivity index (χ1n) is 10.5. The predicted octanol–water partition coefficient (Wildman–Crippen LogP) is 2.54. The number of hydrogen-bond acceptors (Lipinski definition) is 5. The Bertz CT molecular complexity index is 819. The molecular weight excluding hydrogens is 414 g/mol. The lowest BCUT2D eigenvalue weighted by atomic mass is 9.86. The summed E-state index contributed by atoms with van der Waals surface area (Å²) >= 11 is 5.74. The maximum absolute atomic E-state index is 12.9. The van der Waals surface area contributed by atoms with Gasteiger partial charge in [0.05, 0.1) is 12.6 Å². The molecule has 0 aliphatic carbocycles. The van der Waals surface area contributed by atoms with Crippen molar-refractivity contribution in [3.63, 3.8) is 0 Å². The zero-order chi connectivity index (χ0) is 23.2. The van der Waals surface area contributed by atoms with Crippen LogP contribution in [-0.4, -0.2) is 53.0 Å². The molecule has 1 heterocycles. The maximum atomic E-state index is 12.9. The third kappa shape index (κ3) is 6.65. The van der Waals surface area contributed by atoms with Crippen LogP contribution in [0.2, 0.25) is 0 Å². The number of carbonyl (C=O) groups excluding carboxylic acids is 2. The van der Waals surface area contributed by atoms with Gasteiger partial charge in [-0.2, -0.15) is 0 Å². The average Bonchev–Trinajstić information content (AvgIpc) is 3.19. The molecule has 0 aromatic heterocycles. The van der Waals surface area contributed by atoms with E-state index in [2.05, 4.69) is 10.6 Å². The molecule has 2 atom stereocenters. The second-order valence-corrected chi connectivity index (χ2v) is 9.10. The highest BCUT2D eigenvalue weighted by Crippen LogP contribution is 2.27. The number of ether oxygens (including phenoxy) is 1. The Morgan fingerprint density at radius 2 is 1.97 bits per heavy atom. The van der Waals surface area contributed by atoms with Crippen LogP contribution in [0.5, 0.6) is 0 Å². The van der Waals surface area contributed by atoms with Crippen molar-refractivity contribution in [2.75, 3.05) is 13.2 Å². The van der Waals surface area contributed by atoms with Gasteiger partial charge < -0.3 is 26.0 Å². The highest BCUT2D eigenvalue weighted by molar-refractivity contribution is 7.80. The summed E-state index contributed by atoms with van der Waals surface area (Å²) in [5, 5.41) is 13.3. The van der Waals surface area contributed by atoms with Crippen molar-refractivity contribution < 1.29 is 14.3 Å². The molecule has 0 bridgehead atoms. The van der Waals surface area contributed by atoms with E-state index >= 15 is 0 Å². The number of nitrogens with two attached hydrogens (primary N) is 1. The van der Waals surface area contributed by atoms with Crippen LogP contribution in [0.4, 0.5) is 4.79 Å². The van der Waals surface area contributed by atoms with Gasteiger partial charge in [0.15, 0.2) is 0 Å². The molecule has 1 fully saturated rings. The van der Waals surface area contributed by atoms with Crippen molar-refractivity contribution in [3.05, 3.63) is 35.4 Å². The number of benzene rings is 1.